The number of sulfonamides is 1. The van der Waals surface area contributed by atoms with E-state index in [0.717, 1.165) is 23.0 Å². The van der Waals surface area contributed by atoms with E-state index in [0.29, 0.717) is 26.1 Å². The van der Waals surface area contributed by atoms with Gasteiger partial charge in [0.2, 0.25) is 10.0 Å². The molecule has 8 nitrogen and oxygen atoms in total. The number of nitrogens with one attached hydrogen (secondary N) is 2. The van der Waals surface area contributed by atoms with E-state index >= 15 is 0 Å². The van der Waals surface area contributed by atoms with Gasteiger partial charge in [-0.25, -0.2) is 17.7 Å². The summed E-state index contributed by atoms with van der Waals surface area (Å²) in [4.78, 5) is 14.0. The molecule has 28 heavy (non-hydrogen) atoms. The Morgan fingerprint density at radius 3 is 2.61 bits per heavy atom. The molecule has 1 heterocycles. The van der Waals surface area contributed by atoms with Gasteiger partial charge in [0.05, 0.1) is 24.2 Å². The summed E-state index contributed by atoms with van der Waals surface area (Å²) in [6, 6.07) is 10.1. The van der Waals surface area contributed by atoms with Gasteiger partial charge in [-0.15, -0.1) is 0 Å². The van der Waals surface area contributed by atoms with Crippen LogP contribution in [0.25, 0.3) is 11.3 Å². The second-order valence-electron chi connectivity index (χ2n) is 6.52. The van der Waals surface area contributed by atoms with E-state index in [9.17, 15) is 8.42 Å². The lowest BCUT2D eigenvalue weighted by Gasteiger charge is -2.22. The number of imidazole rings is 1. The Kier molecular flexibility index (Phi) is 8.01. The summed E-state index contributed by atoms with van der Waals surface area (Å²) in [7, 11) is 2.15. The molecule has 2 rings (SSSR count). The highest BCUT2D eigenvalue weighted by molar-refractivity contribution is 7.89. The molecule has 0 radical (unpaired) electrons. The smallest absolute Gasteiger partial charge is 0.213 e. The van der Waals surface area contributed by atoms with Gasteiger partial charge in [0, 0.05) is 34.2 Å². The molecule has 0 spiro atoms. The highest BCUT2D eigenvalue weighted by atomic mass is 32.2. The van der Waals surface area contributed by atoms with Gasteiger partial charge in [-0.1, -0.05) is 30.3 Å². The molecule has 0 aliphatic carbocycles. The summed E-state index contributed by atoms with van der Waals surface area (Å²) >= 11 is 0. The van der Waals surface area contributed by atoms with Crippen molar-refractivity contribution in [1.29, 1.82) is 0 Å². The van der Waals surface area contributed by atoms with E-state index in [1.165, 1.54) is 4.31 Å². The second kappa shape index (κ2) is 10.2. The summed E-state index contributed by atoms with van der Waals surface area (Å²) < 4.78 is 24.9. The van der Waals surface area contributed by atoms with E-state index in [1.54, 1.807) is 21.0 Å². The Balaban J connectivity index is 1.84. The van der Waals surface area contributed by atoms with Crippen LogP contribution in [0.5, 0.6) is 0 Å². The number of aromatic nitrogens is 2. The normalized spacial score (nSPS) is 12.4. The maximum atomic E-state index is 11.8. The van der Waals surface area contributed by atoms with Crippen molar-refractivity contribution in [2.24, 2.45) is 4.99 Å². The van der Waals surface area contributed by atoms with Crippen molar-refractivity contribution < 1.29 is 8.42 Å². The van der Waals surface area contributed by atoms with E-state index in [4.69, 9.17) is 0 Å². The molecule has 0 unspecified atom stereocenters. The fourth-order valence-corrected chi connectivity index (χ4v) is 3.60. The molecule has 154 valence electrons. The van der Waals surface area contributed by atoms with Crippen molar-refractivity contribution in [2.45, 2.75) is 19.9 Å². The Morgan fingerprint density at radius 2 is 1.96 bits per heavy atom. The van der Waals surface area contributed by atoms with E-state index in [2.05, 4.69) is 20.3 Å². The molecular formula is C19H30N6O2S. The number of aliphatic imine (C=N–C) groups is 1. The average molecular weight is 407 g/mol. The zero-order valence-electron chi connectivity index (χ0n) is 17.0. The molecule has 0 saturated heterocycles. The minimum atomic E-state index is -3.13. The first-order chi connectivity index (χ1) is 13.4. The summed E-state index contributed by atoms with van der Waals surface area (Å²) in [5.74, 6) is 1.70. The zero-order chi connectivity index (χ0) is 20.6. The summed E-state index contributed by atoms with van der Waals surface area (Å²) in [5.41, 5.74) is 2.07. The number of rotatable bonds is 9. The molecule has 2 aromatic rings. The van der Waals surface area contributed by atoms with Gasteiger partial charge in [-0.3, -0.25) is 4.99 Å². The van der Waals surface area contributed by atoms with E-state index in [-0.39, 0.29) is 5.75 Å². The van der Waals surface area contributed by atoms with Gasteiger partial charge in [0.15, 0.2) is 5.96 Å². The maximum absolute atomic E-state index is 11.8. The third-order valence-electron chi connectivity index (χ3n) is 4.45. The number of guanidine groups is 1. The number of hydrogen-bond donors (Lipinski definition) is 2. The first-order valence-corrected chi connectivity index (χ1v) is 10.9. The summed E-state index contributed by atoms with van der Waals surface area (Å²) in [5, 5.41) is 3.27. The lowest BCUT2D eigenvalue weighted by molar-refractivity contribution is 0.445. The lowest BCUT2D eigenvalue weighted by Crippen LogP contribution is -2.40. The van der Waals surface area contributed by atoms with E-state index < -0.39 is 10.0 Å². The molecule has 9 heteroatoms. The fourth-order valence-electron chi connectivity index (χ4n) is 2.75. The quantitative estimate of drug-likeness (QED) is 0.376. The van der Waals surface area contributed by atoms with Crippen LogP contribution in [0, 0.1) is 0 Å². The lowest BCUT2D eigenvalue weighted by atomic mass is 10.2. The number of hydrogen-bond acceptors (Lipinski definition) is 4. The number of benzene rings is 1. The van der Waals surface area contributed by atoms with Gasteiger partial charge in [0.25, 0.3) is 0 Å². The van der Waals surface area contributed by atoms with Crippen molar-refractivity contribution in [1.82, 2.24) is 24.5 Å². The number of aromatic amines is 1. The van der Waals surface area contributed by atoms with Crippen molar-refractivity contribution in [3.63, 3.8) is 0 Å². The van der Waals surface area contributed by atoms with Crippen molar-refractivity contribution in [3.8, 4) is 11.3 Å². The third kappa shape index (κ3) is 6.07. The maximum Gasteiger partial charge on any atom is 0.213 e. The van der Waals surface area contributed by atoms with Gasteiger partial charge < -0.3 is 15.2 Å². The molecule has 0 saturated carbocycles. The molecule has 2 N–H and O–H groups in total. The zero-order valence-corrected chi connectivity index (χ0v) is 17.8. The van der Waals surface area contributed by atoms with Crippen molar-refractivity contribution >= 4 is 16.0 Å². The first-order valence-electron chi connectivity index (χ1n) is 9.32. The molecule has 0 aliphatic heterocycles. The van der Waals surface area contributed by atoms with Crippen LogP contribution in [0.3, 0.4) is 0 Å². The molecule has 0 amide bonds. The van der Waals surface area contributed by atoms with Gasteiger partial charge >= 0.3 is 0 Å². The third-order valence-corrected chi connectivity index (χ3v) is 6.31. The Morgan fingerprint density at radius 1 is 1.25 bits per heavy atom. The predicted octanol–water partition coefficient (Wildman–Crippen LogP) is 1.76. The van der Waals surface area contributed by atoms with Crippen molar-refractivity contribution in [3.05, 3.63) is 42.4 Å². The van der Waals surface area contributed by atoms with Gasteiger partial charge in [-0.05, 0) is 18.9 Å². The second-order valence-corrected chi connectivity index (χ2v) is 8.88. The molecule has 0 atom stereocenters. The topological polar surface area (TPSA) is 93.7 Å². The van der Waals surface area contributed by atoms with Gasteiger partial charge in [0.1, 0.15) is 5.82 Å². The average Bonchev–Trinajstić information content (AvgIpc) is 3.16. The van der Waals surface area contributed by atoms with Crippen LogP contribution in [0.15, 0.2) is 41.5 Å². The number of H-pyrrole nitrogens is 1. The van der Waals surface area contributed by atoms with E-state index in [1.807, 2.05) is 48.5 Å². The van der Waals surface area contributed by atoms with Crippen LogP contribution in [-0.2, 0) is 16.6 Å². The first kappa shape index (κ1) is 21.9. The molecule has 1 aromatic heterocycles. The van der Waals surface area contributed by atoms with Crippen molar-refractivity contribution in [2.75, 3.05) is 40.0 Å². The van der Waals surface area contributed by atoms with Gasteiger partial charge in [-0.2, -0.15) is 0 Å². The van der Waals surface area contributed by atoms with Crippen LogP contribution in [0.2, 0.25) is 0 Å². The molecular weight excluding hydrogens is 376 g/mol. The Bertz CT molecular complexity index is 864. The standard InChI is InChI=1S/C19H30N6O2S/c1-5-28(26,27)25(4)13-9-12-21-19(20-2)24(3)15-18-22-14-17(23-18)16-10-7-6-8-11-16/h6-8,10-11,14H,5,9,12-13,15H2,1-4H3,(H,20,21)(H,22,23). The molecule has 0 fully saturated rings. The molecule has 0 aliphatic rings. The van der Waals surface area contributed by atoms with Crippen LogP contribution < -0.4 is 5.32 Å². The number of nitrogens with zero attached hydrogens (tertiary/aromatic N) is 4. The fraction of sp³-hybridized carbons (Fsp3) is 0.474. The molecule has 1 aromatic carbocycles. The van der Waals surface area contributed by atoms with Crippen LogP contribution in [0.4, 0.5) is 0 Å². The summed E-state index contributed by atoms with van der Waals surface area (Å²) in [6.45, 7) is 3.34. The molecule has 0 bridgehead atoms. The monoisotopic (exact) mass is 406 g/mol. The largest absolute Gasteiger partial charge is 0.356 e. The Labute approximate surface area is 167 Å². The predicted molar refractivity (Wildman–Crippen MR) is 114 cm³/mol. The van der Waals surface area contributed by atoms with Crippen LogP contribution >= 0.6 is 0 Å². The minimum Gasteiger partial charge on any atom is -0.356 e. The highest BCUT2D eigenvalue weighted by Gasteiger charge is 2.14. The highest BCUT2D eigenvalue weighted by Crippen LogP contribution is 2.16. The minimum absolute atomic E-state index is 0.120. The SMILES string of the molecule is CCS(=O)(=O)N(C)CCCNC(=NC)N(C)Cc1ncc(-c2ccccc2)[nH]1. The van der Waals surface area contributed by atoms with Crippen LogP contribution in [-0.4, -0.2) is 73.5 Å². The van der Waals surface area contributed by atoms with Crippen LogP contribution in [0.1, 0.15) is 19.2 Å². The Hall–Kier alpha value is -2.39. The summed E-state index contributed by atoms with van der Waals surface area (Å²) in [6.07, 6.45) is 2.53.